The number of rotatable bonds is 7. The Morgan fingerprint density at radius 2 is 2.00 bits per heavy atom. The zero-order valence-electron chi connectivity index (χ0n) is 18.0. The molecule has 0 bridgehead atoms. The van der Waals surface area contributed by atoms with Gasteiger partial charge in [-0.05, 0) is 47.9 Å². The molecule has 4 rings (SSSR count). The maximum Gasteiger partial charge on any atom is 0.229 e. The molecule has 2 aromatic carbocycles. The zero-order chi connectivity index (χ0) is 22.3. The molecule has 1 fully saturated rings. The van der Waals surface area contributed by atoms with Crippen LogP contribution in [0.3, 0.4) is 0 Å². The van der Waals surface area contributed by atoms with E-state index >= 15 is 0 Å². The minimum atomic E-state index is 0.0169. The zero-order valence-corrected chi connectivity index (χ0v) is 18.0. The highest BCUT2D eigenvalue weighted by Gasteiger charge is 2.13. The van der Waals surface area contributed by atoms with E-state index in [2.05, 4.69) is 31.6 Å². The van der Waals surface area contributed by atoms with Crippen LogP contribution in [0.4, 0.5) is 23.1 Å². The number of aryl methyl sites for hydroxylation is 1. The lowest BCUT2D eigenvalue weighted by Gasteiger charge is -2.29. The van der Waals surface area contributed by atoms with Crippen molar-refractivity contribution in [3.8, 4) is 6.07 Å². The van der Waals surface area contributed by atoms with Crippen molar-refractivity contribution in [3.63, 3.8) is 0 Å². The average Bonchev–Trinajstić information content (AvgIpc) is 2.84. The van der Waals surface area contributed by atoms with Crippen molar-refractivity contribution in [1.29, 1.82) is 5.26 Å². The molecule has 3 N–H and O–H groups in total. The van der Waals surface area contributed by atoms with Crippen molar-refractivity contribution < 1.29 is 9.84 Å². The highest BCUT2D eigenvalue weighted by atomic mass is 16.5. The number of anilines is 4. The van der Waals surface area contributed by atoms with Gasteiger partial charge in [0.05, 0.1) is 31.5 Å². The number of ether oxygens (including phenoxy) is 1. The Morgan fingerprint density at radius 1 is 1.16 bits per heavy atom. The van der Waals surface area contributed by atoms with E-state index in [1.165, 1.54) is 0 Å². The lowest BCUT2D eigenvalue weighted by molar-refractivity contribution is 0.122. The molecule has 0 amide bonds. The van der Waals surface area contributed by atoms with Crippen LogP contribution in [0.25, 0.3) is 0 Å². The summed E-state index contributed by atoms with van der Waals surface area (Å²) in [6, 6.07) is 15.6. The summed E-state index contributed by atoms with van der Waals surface area (Å²) in [6.45, 7) is 5.58. The molecule has 32 heavy (non-hydrogen) atoms. The molecule has 0 spiro atoms. The van der Waals surface area contributed by atoms with Crippen molar-refractivity contribution in [2.45, 2.75) is 20.1 Å². The number of nitrogens with zero attached hydrogens (tertiary/aromatic N) is 4. The molecular formula is C24H26N6O2. The monoisotopic (exact) mass is 430 g/mol. The number of aliphatic hydroxyl groups is 1. The second-order valence-electron chi connectivity index (χ2n) is 7.64. The fourth-order valence-electron chi connectivity index (χ4n) is 3.60. The van der Waals surface area contributed by atoms with Crippen molar-refractivity contribution in [1.82, 2.24) is 9.97 Å². The molecule has 1 aliphatic heterocycles. The fourth-order valence-corrected chi connectivity index (χ4v) is 3.60. The van der Waals surface area contributed by atoms with E-state index in [1.54, 1.807) is 18.3 Å². The van der Waals surface area contributed by atoms with Gasteiger partial charge in [-0.25, -0.2) is 4.98 Å². The summed E-state index contributed by atoms with van der Waals surface area (Å²) < 4.78 is 5.43. The number of aromatic nitrogens is 2. The van der Waals surface area contributed by atoms with Gasteiger partial charge in [-0.3, -0.25) is 0 Å². The molecule has 1 aliphatic rings. The second-order valence-corrected chi connectivity index (χ2v) is 7.64. The topological polar surface area (TPSA) is 106 Å². The van der Waals surface area contributed by atoms with Gasteiger partial charge in [0.2, 0.25) is 5.95 Å². The van der Waals surface area contributed by atoms with Gasteiger partial charge in [-0.15, -0.1) is 0 Å². The molecule has 8 heteroatoms. The van der Waals surface area contributed by atoms with Crippen LogP contribution in [0.2, 0.25) is 0 Å². The lowest BCUT2D eigenvalue weighted by atomic mass is 10.1. The van der Waals surface area contributed by atoms with E-state index in [9.17, 15) is 10.4 Å². The third-order valence-corrected chi connectivity index (χ3v) is 5.39. The lowest BCUT2D eigenvalue weighted by Crippen LogP contribution is -2.36. The first kappa shape index (κ1) is 21.6. The van der Waals surface area contributed by atoms with Crippen LogP contribution < -0.4 is 15.5 Å². The van der Waals surface area contributed by atoms with E-state index in [0.29, 0.717) is 37.1 Å². The number of hydrogen-bond acceptors (Lipinski definition) is 8. The van der Waals surface area contributed by atoms with Crippen molar-refractivity contribution >= 4 is 23.1 Å². The first-order valence-corrected chi connectivity index (χ1v) is 10.6. The number of nitriles is 1. The molecule has 3 aromatic rings. The molecule has 0 unspecified atom stereocenters. The number of aliphatic hydroxyl groups excluding tert-OH is 1. The molecular weight excluding hydrogens is 404 g/mol. The Labute approximate surface area is 187 Å². The number of nitrogens with one attached hydrogen (secondary N) is 2. The van der Waals surface area contributed by atoms with Crippen LogP contribution in [0.1, 0.15) is 22.3 Å². The van der Waals surface area contributed by atoms with Crippen molar-refractivity contribution in [2.75, 3.05) is 41.8 Å². The SMILES string of the molecule is Cc1ccc(CO)cc1CNc1ccnc(Nc2cc(C#N)cc(N3CCOCC3)c2)n1. The molecule has 0 radical (unpaired) electrons. The van der Waals surface area contributed by atoms with E-state index < -0.39 is 0 Å². The van der Waals surface area contributed by atoms with Crippen LogP contribution in [0.5, 0.6) is 0 Å². The Bertz CT molecular complexity index is 1120. The van der Waals surface area contributed by atoms with Gasteiger partial charge in [0.25, 0.3) is 0 Å². The van der Waals surface area contributed by atoms with Crippen LogP contribution in [-0.2, 0) is 17.9 Å². The van der Waals surface area contributed by atoms with Gasteiger partial charge < -0.3 is 25.4 Å². The molecule has 0 atom stereocenters. The van der Waals surface area contributed by atoms with E-state index in [4.69, 9.17) is 4.74 Å². The number of hydrogen-bond donors (Lipinski definition) is 3. The van der Waals surface area contributed by atoms with Gasteiger partial charge in [0, 0.05) is 37.2 Å². The van der Waals surface area contributed by atoms with Gasteiger partial charge in [0.15, 0.2) is 0 Å². The van der Waals surface area contributed by atoms with Gasteiger partial charge in [0.1, 0.15) is 5.82 Å². The highest BCUT2D eigenvalue weighted by Crippen LogP contribution is 2.25. The Morgan fingerprint density at radius 3 is 2.78 bits per heavy atom. The smallest absolute Gasteiger partial charge is 0.229 e. The van der Waals surface area contributed by atoms with Crippen LogP contribution in [0, 0.1) is 18.3 Å². The highest BCUT2D eigenvalue weighted by molar-refractivity contribution is 5.66. The van der Waals surface area contributed by atoms with E-state index in [0.717, 1.165) is 41.2 Å². The summed E-state index contributed by atoms with van der Waals surface area (Å²) in [5.74, 6) is 1.12. The predicted molar refractivity (Wildman–Crippen MR) is 124 cm³/mol. The largest absolute Gasteiger partial charge is 0.392 e. The molecule has 2 heterocycles. The summed E-state index contributed by atoms with van der Waals surface area (Å²) in [6.07, 6.45) is 1.69. The van der Waals surface area contributed by atoms with E-state index in [1.807, 2.05) is 37.3 Å². The molecule has 1 aromatic heterocycles. The average molecular weight is 431 g/mol. The van der Waals surface area contributed by atoms with Gasteiger partial charge in [-0.1, -0.05) is 18.2 Å². The number of morpholine rings is 1. The first-order chi connectivity index (χ1) is 15.6. The molecule has 0 aliphatic carbocycles. The summed E-state index contributed by atoms with van der Waals surface area (Å²) >= 11 is 0. The molecule has 0 saturated carbocycles. The van der Waals surface area contributed by atoms with Gasteiger partial charge in [-0.2, -0.15) is 10.2 Å². The van der Waals surface area contributed by atoms with Gasteiger partial charge >= 0.3 is 0 Å². The second kappa shape index (κ2) is 10.1. The van der Waals surface area contributed by atoms with Crippen LogP contribution in [0.15, 0.2) is 48.7 Å². The summed E-state index contributed by atoms with van der Waals surface area (Å²) in [7, 11) is 0. The Hall–Kier alpha value is -3.67. The third-order valence-electron chi connectivity index (χ3n) is 5.39. The van der Waals surface area contributed by atoms with Crippen molar-refractivity contribution in [2.24, 2.45) is 0 Å². The maximum atomic E-state index is 9.46. The summed E-state index contributed by atoms with van der Waals surface area (Å²) in [5.41, 5.74) is 5.43. The molecule has 8 nitrogen and oxygen atoms in total. The predicted octanol–water partition coefficient (Wildman–Crippen LogP) is 3.34. The summed E-state index contributed by atoms with van der Waals surface area (Å²) in [5, 5.41) is 25.4. The number of benzene rings is 2. The molecule has 164 valence electrons. The van der Waals surface area contributed by atoms with Crippen molar-refractivity contribution in [3.05, 3.63) is 70.9 Å². The van der Waals surface area contributed by atoms with Crippen LogP contribution in [-0.4, -0.2) is 41.4 Å². The normalized spacial score (nSPS) is 13.5. The van der Waals surface area contributed by atoms with Crippen LogP contribution >= 0.6 is 0 Å². The minimum absolute atomic E-state index is 0.0169. The van der Waals surface area contributed by atoms with E-state index in [-0.39, 0.29) is 6.61 Å². The molecule has 1 saturated heterocycles. The first-order valence-electron chi connectivity index (χ1n) is 10.6. The Balaban J connectivity index is 1.48. The third kappa shape index (κ3) is 5.32. The standard InChI is InChI=1S/C24H26N6O2/c1-17-2-3-18(16-31)10-20(17)15-27-23-4-5-26-24(29-23)28-21-11-19(14-25)12-22(13-21)30-6-8-32-9-7-30/h2-5,10-13,31H,6-9,15-16H2,1H3,(H2,26,27,28,29). The maximum absolute atomic E-state index is 9.46. The quantitative estimate of drug-likeness (QED) is 0.524. The fraction of sp³-hybridized carbons (Fsp3) is 0.292. The Kier molecular flexibility index (Phi) is 6.80. The summed E-state index contributed by atoms with van der Waals surface area (Å²) in [4.78, 5) is 11.1. The minimum Gasteiger partial charge on any atom is -0.392 e.